The molecule has 180 valence electrons. The molecule has 1 saturated heterocycles. The summed E-state index contributed by atoms with van der Waals surface area (Å²) in [4.78, 5) is 17.3. The number of benzene rings is 2. The van der Waals surface area contributed by atoms with Gasteiger partial charge in [0.05, 0.1) is 19.0 Å². The standard InChI is InChI=1S/C25H30FN5O2S/c1-19(2)31(22-6-4-3-5-7-22)23(32)18-34-25-28-27-24(20-8-10-21(26)11-9-20)30(25)13-12-29-14-16-33-17-15-29/h3-11,19H,12-18H2,1-2H3. The lowest BCUT2D eigenvalue weighted by molar-refractivity contribution is -0.116. The fourth-order valence-corrected chi connectivity index (χ4v) is 4.81. The first kappa shape index (κ1) is 24.4. The van der Waals surface area contributed by atoms with Crippen LogP contribution < -0.4 is 4.90 Å². The van der Waals surface area contributed by atoms with Gasteiger partial charge in [-0.05, 0) is 50.2 Å². The zero-order valence-corrected chi connectivity index (χ0v) is 20.4. The Bertz CT molecular complexity index is 1070. The second-order valence-corrected chi connectivity index (χ2v) is 9.34. The number of rotatable bonds is 9. The summed E-state index contributed by atoms with van der Waals surface area (Å²) >= 11 is 1.38. The maximum atomic E-state index is 13.5. The number of thioether (sulfide) groups is 1. The van der Waals surface area contributed by atoms with Gasteiger partial charge in [0.15, 0.2) is 11.0 Å². The maximum Gasteiger partial charge on any atom is 0.237 e. The van der Waals surface area contributed by atoms with Crippen molar-refractivity contribution in [2.45, 2.75) is 31.6 Å². The average Bonchev–Trinajstić information content (AvgIpc) is 3.26. The molecule has 1 fully saturated rings. The topological polar surface area (TPSA) is 63.5 Å². The van der Waals surface area contributed by atoms with Gasteiger partial charge in [-0.25, -0.2) is 4.39 Å². The first-order chi connectivity index (χ1) is 16.5. The summed E-state index contributed by atoms with van der Waals surface area (Å²) in [6.07, 6.45) is 0. The molecule has 9 heteroatoms. The summed E-state index contributed by atoms with van der Waals surface area (Å²) < 4.78 is 21.0. The van der Waals surface area contributed by atoms with Crippen molar-refractivity contribution >= 4 is 23.4 Å². The van der Waals surface area contributed by atoms with Crippen molar-refractivity contribution in [3.63, 3.8) is 0 Å². The van der Waals surface area contributed by atoms with Gasteiger partial charge >= 0.3 is 0 Å². The zero-order valence-electron chi connectivity index (χ0n) is 19.6. The highest BCUT2D eigenvalue weighted by Gasteiger charge is 2.22. The number of halogens is 1. The predicted molar refractivity (Wildman–Crippen MR) is 132 cm³/mol. The monoisotopic (exact) mass is 483 g/mol. The highest BCUT2D eigenvalue weighted by Crippen LogP contribution is 2.26. The highest BCUT2D eigenvalue weighted by molar-refractivity contribution is 7.99. The summed E-state index contributed by atoms with van der Waals surface area (Å²) in [5, 5.41) is 9.47. The Balaban J connectivity index is 1.52. The predicted octanol–water partition coefficient (Wildman–Crippen LogP) is 3.95. The highest BCUT2D eigenvalue weighted by atomic mass is 32.2. The van der Waals surface area contributed by atoms with Crippen LogP contribution in [0.5, 0.6) is 0 Å². The minimum absolute atomic E-state index is 0.0114. The van der Waals surface area contributed by atoms with E-state index in [1.807, 2.05) is 53.6 Å². The van der Waals surface area contributed by atoms with Crippen LogP contribution in [0.15, 0.2) is 59.8 Å². The van der Waals surface area contributed by atoms with Gasteiger partial charge in [0.25, 0.3) is 0 Å². The van der Waals surface area contributed by atoms with Crippen molar-refractivity contribution in [2.24, 2.45) is 0 Å². The lowest BCUT2D eigenvalue weighted by atomic mass is 10.2. The molecule has 4 rings (SSSR count). The molecule has 2 heterocycles. The van der Waals surface area contributed by atoms with Crippen LogP contribution in [-0.2, 0) is 16.1 Å². The van der Waals surface area contributed by atoms with Gasteiger partial charge in [0.1, 0.15) is 5.82 Å². The number of anilines is 1. The molecule has 0 saturated carbocycles. The Labute approximate surface area is 203 Å². The molecule has 34 heavy (non-hydrogen) atoms. The fourth-order valence-electron chi connectivity index (χ4n) is 3.99. The van der Waals surface area contributed by atoms with Crippen LogP contribution in [0.3, 0.4) is 0 Å². The van der Waals surface area contributed by atoms with E-state index in [2.05, 4.69) is 15.1 Å². The Kier molecular flexibility index (Phi) is 8.31. The molecule has 0 atom stereocenters. The van der Waals surface area contributed by atoms with Gasteiger partial charge in [-0.1, -0.05) is 30.0 Å². The molecule has 1 aliphatic rings. The molecule has 2 aromatic carbocycles. The van der Waals surface area contributed by atoms with Crippen molar-refractivity contribution in [1.82, 2.24) is 19.7 Å². The van der Waals surface area contributed by atoms with E-state index in [1.165, 1.54) is 23.9 Å². The Hall–Kier alpha value is -2.75. The second kappa shape index (κ2) is 11.6. The molecule has 0 spiro atoms. The molecule has 1 aliphatic heterocycles. The maximum absolute atomic E-state index is 13.5. The van der Waals surface area contributed by atoms with E-state index >= 15 is 0 Å². The minimum Gasteiger partial charge on any atom is -0.379 e. The summed E-state index contributed by atoms with van der Waals surface area (Å²) in [5.41, 5.74) is 1.67. The van der Waals surface area contributed by atoms with Crippen LogP contribution in [0.1, 0.15) is 13.8 Å². The molecule has 0 bridgehead atoms. The average molecular weight is 484 g/mol. The van der Waals surface area contributed by atoms with E-state index in [0.29, 0.717) is 17.5 Å². The van der Waals surface area contributed by atoms with E-state index < -0.39 is 0 Å². The number of para-hydroxylation sites is 1. The van der Waals surface area contributed by atoms with Crippen LogP contribution in [0.25, 0.3) is 11.4 Å². The number of carbonyl (C=O) groups excluding carboxylic acids is 1. The molecular formula is C25H30FN5O2S. The van der Waals surface area contributed by atoms with Crippen molar-refractivity contribution in [2.75, 3.05) is 43.5 Å². The second-order valence-electron chi connectivity index (χ2n) is 8.40. The first-order valence-corrected chi connectivity index (χ1v) is 12.5. The third-order valence-electron chi connectivity index (χ3n) is 5.71. The van der Waals surface area contributed by atoms with E-state index in [9.17, 15) is 9.18 Å². The number of morpholine rings is 1. The lowest BCUT2D eigenvalue weighted by Crippen LogP contribution is -2.38. The van der Waals surface area contributed by atoms with E-state index in [4.69, 9.17) is 4.74 Å². The smallest absolute Gasteiger partial charge is 0.237 e. The summed E-state index contributed by atoms with van der Waals surface area (Å²) in [6.45, 7) is 8.73. The number of amides is 1. The molecule has 0 aliphatic carbocycles. The SMILES string of the molecule is CC(C)N(C(=O)CSc1nnc(-c2ccc(F)cc2)n1CCN1CCOCC1)c1ccccc1. The molecule has 0 unspecified atom stereocenters. The normalized spacial score (nSPS) is 14.5. The lowest BCUT2D eigenvalue weighted by Gasteiger charge is -2.27. The minimum atomic E-state index is -0.294. The quantitative estimate of drug-likeness (QED) is 0.430. The van der Waals surface area contributed by atoms with Gasteiger partial charge in [0, 0.05) is 43.5 Å². The molecule has 1 amide bonds. The van der Waals surface area contributed by atoms with E-state index in [1.54, 1.807) is 12.1 Å². The molecule has 1 aromatic heterocycles. The zero-order chi connectivity index (χ0) is 23.9. The summed E-state index contributed by atoms with van der Waals surface area (Å²) in [7, 11) is 0. The molecule has 0 radical (unpaired) electrons. The number of hydrogen-bond donors (Lipinski definition) is 0. The summed E-state index contributed by atoms with van der Waals surface area (Å²) in [6, 6.07) is 16.0. The number of carbonyl (C=O) groups is 1. The van der Waals surface area contributed by atoms with Gasteiger partial charge in [-0.2, -0.15) is 0 Å². The van der Waals surface area contributed by atoms with Crippen LogP contribution >= 0.6 is 11.8 Å². The van der Waals surface area contributed by atoms with Gasteiger partial charge in [-0.3, -0.25) is 9.69 Å². The Morgan fingerprint density at radius 2 is 1.76 bits per heavy atom. The van der Waals surface area contributed by atoms with Crippen LogP contribution in [0.2, 0.25) is 0 Å². The third kappa shape index (κ3) is 6.02. The molecule has 3 aromatic rings. The van der Waals surface area contributed by atoms with Gasteiger partial charge in [0.2, 0.25) is 5.91 Å². The fraction of sp³-hybridized carbons (Fsp3) is 0.400. The van der Waals surface area contributed by atoms with Gasteiger partial charge in [-0.15, -0.1) is 10.2 Å². The van der Waals surface area contributed by atoms with Crippen LogP contribution in [-0.4, -0.2) is 70.2 Å². The van der Waals surface area contributed by atoms with E-state index in [0.717, 1.165) is 44.1 Å². The van der Waals surface area contributed by atoms with Crippen molar-refractivity contribution in [3.8, 4) is 11.4 Å². The van der Waals surface area contributed by atoms with Crippen molar-refractivity contribution in [1.29, 1.82) is 0 Å². The Morgan fingerprint density at radius 1 is 1.06 bits per heavy atom. The molecule has 0 N–H and O–H groups in total. The number of hydrogen-bond acceptors (Lipinski definition) is 6. The largest absolute Gasteiger partial charge is 0.379 e. The third-order valence-corrected chi connectivity index (χ3v) is 6.66. The van der Waals surface area contributed by atoms with Crippen molar-refractivity contribution in [3.05, 3.63) is 60.4 Å². The number of ether oxygens (including phenoxy) is 1. The van der Waals surface area contributed by atoms with Crippen LogP contribution in [0.4, 0.5) is 10.1 Å². The van der Waals surface area contributed by atoms with Crippen molar-refractivity contribution < 1.29 is 13.9 Å². The van der Waals surface area contributed by atoms with Crippen LogP contribution in [0, 0.1) is 5.82 Å². The Morgan fingerprint density at radius 3 is 2.44 bits per heavy atom. The van der Waals surface area contributed by atoms with Gasteiger partial charge < -0.3 is 14.2 Å². The molecular weight excluding hydrogens is 453 g/mol. The summed E-state index contributed by atoms with van der Waals surface area (Å²) in [5.74, 6) is 0.633. The number of aromatic nitrogens is 3. The first-order valence-electron chi connectivity index (χ1n) is 11.5. The van der Waals surface area contributed by atoms with E-state index in [-0.39, 0.29) is 23.5 Å². The molecule has 7 nitrogen and oxygen atoms in total. The number of nitrogens with zero attached hydrogens (tertiary/aromatic N) is 5.